The average molecular weight is 408 g/mol. The first-order valence-corrected chi connectivity index (χ1v) is 11.5. The van der Waals surface area contributed by atoms with Crippen LogP contribution >= 0.6 is 11.8 Å². The monoisotopic (exact) mass is 407 g/mol. The fraction of sp³-hybridized carbons (Fsp3) is 0.375. The van der Waals surface area contributed by atoms with Crippen molar-refractivity contribution in [1.29, 1.82) is 0 Å². The minimum absolute atomic E-state index is 0.218. The molecule has 2 heterocycles. The van der Waals surface area contributed by atoms with Gasteiger partial charge in [-0.2, -0.15) is 11.8 Å². The van der Waals surface area contributed by atoms with E-state index in [1.54, 1.807) is 0 Å². The van der Waals surface area contributed by atoms with Crippen molar-refractivity contribution in [3.63, 3.8) is 0 Å². The fourth-order valence-electron chi connectivity index (χ4n) is 4.52. The molecule has 4 nitrogen and oxygen atoms in total. The third kappa shape index (κ3) is 3.52. The van der Waals surface area contributed by atoms with E-state index in [1.165, 1.54) is 11.1 Å². The molecule has 0 saturated carbocycles. The van der Waals surface area contributed by atoms with Crippen LogP contribution in [0.3, 0.4) is 0 Å². The zero-order valence-electron chi connectivity index (χ0n) is 16.5. The molecule has 150 valence electrons. The highest BCUT2D eigenvalue weighted by molar-refractivity contribution is 8.00. The van der Waals surface area contributed by atoms with E-state index < -0.39 is 0 Å². The maximum absolute atomic E-state index is 12.2. The number of fused-ring (bicyclic) bond motifs is 3. The molecule has 1 saturated heterocycles. The molecule has 0 aromatic heterocycles. The normalized spacial score (nSPS) is 24.8. The van der Waals surface area contributed by atoms with Gasteiger partial charge in [0, 0.05) is 23.1 Å². The topological polar surface area (TPSA) is 47.6 Å². The highest BCUT2D eigenvalue weighted by Gasteiger charge is 2.38. The third-order valence-electron chi connectivity index (χ3n) is 6.00. The standard InChI is InChI=1S/C24H25NO3S/c1-2-27-24(26)16-9-10-22-21(12-16)19-7-4-8-20(19)23(25-22)15-5-3-6-17(11-15)28-18-13-29-14-18/h3-7,9-12,18-20,23,25H,2,8,13-14H2,1H3. The second-order valence-corrected chi connectivity index (χ2v) is 8.92. The van der Waals surface area contributed by atoms with Crippen LogP contribution in [0.5, 0.6) is 5.75 Å². The van der Waals surface area contributed by atoms with Crippen molar-refractivity contribution in [1.82, 2.24) is 0 Å². The Morgan fingerprint density at radius 2 is 2.10 bits per heavy atom. The molecule has 1 aliphatic carbocycles. The number of benzene rings is 2. The first-order valence-electron chi connectivity index (χ1n) is 10.3. The summed E-state index contributed by atoms with van der Waals surface area (Å²) in [6, 6.07) is 14.6. The van der Waals surface area contributed by atoms with E-state index in [1.807, 2.05) is 36.9 Å². The molecule has 2 aromatic carbocycles. The Hall–Kier alpha value is -2.40. The summed E-state index contributed by atoms with van der Waals surface area (Å²) < 4.78 is 11.3. The Morgan fingerprint density at radius 3 is 2.90 bits per heavy atom. The summed E-state index contributed by atoms with van der Waals surface area (Å²) in [4.78, 5) is 12.2. The van der Waals surface area contributed by atoms with E-state index >= 15 is 0 Å². The van der Waals surface area contributed by atoms with E-state index in [9.17, 15) is 4.79 Å². The van der Waals surface area contributed by atoms with Crippen molar-refractivity contribution in [3.8, 4) is 5.75 Å². The van der Waals surface area contributed by atoms with E-state index in [-0.39, 0.29) is 12.0 Å². The summed E-state index contributed by atoms with van der Waals surface area (Å²) in [5, 5.41) is 3.74. The number of ether oxygens (including phenoxy) is 2. The number of hydrogen-bond donors (Lipinski definition) is 1. The van der Waals surface area contributed by atoms with Gasteiger partial charge in [-0.15, -0.1) is 0 Å². The van der Waals surface area contributed by atoms with Crippen LogP contribution in [0.2, 0.25) is 0 Å². The Kier molecular flexibility index (Phi) is 5.00. The minimum atomic E-state index is -0.255. The quantitative estimate of drug-likeness (QED) is 0.546. The van der Waals surface area contributed by atoms with Gasteiger partial charge < -0.3 is 14.8 Å². The number of allylic oxidation sites excluding steroid dienone is 2. The largest absolute Gasteiger partial charge is 0.489 e. The number of carbonyl (C=O) groups excluding carboxylic acids is 1. The average Bonchev–Trinajstić information content (AvgIpc) is 3.20. The lowest BCUT2D eigenvalue weighted by Gasteiger charge is -2.38. The van der Waals surface area contributed by atoms with Crippen molar-refractivity contribution < 1.29 is 14.3 Å². The molecule has 1 N–H and O–H groups in total. The summed E-state index contributed by atoms with van der Waals surface area (Å²) in [7, 11) is 0. The number of nitrogens with one attached hydrogen (secondary N) is 1. The molecule has 5 rings (SSSR count). The van der Waals surface area contributed by atoms with Crippen molar-refractivity contribution in [2.45, 2.75) is 31.4 Å². The van der Waals surface area contributed by atoms with Crippen LogP contribution in [0.4, 0.5) is 5.69 Å². The lowest BCUT2D eigenvalue weighted by molar-refractivity contribution is 0.0526. The number of hydrogen-bond acceptors (Lipinski definition) is 5. The van der Waals surface area contributed by atoms with Gasteiger partial charge in [-0.05, 0) is 60.7 Å². The zero-order chi connectivity index (χ0) is 19.8. The SMILES string of the molecule is CCOC(=O)c1ccc2c(c1)C1C=CCC1C(c1cccc(OC3CSC3)c1)N2. The maximum Gasteiger partial charge on any atom is 0.338 e. The second kappa shape index (κ2) is 7.79. The molecule has 3 aliphatic rings. The van der Waals surface area contributed by atoms with Gasteiger partial charge in [0.05, 0.1) is 18.2 Å². The van der Waals surface area contributed by atoms with Gasteiger partial charge >= 0.3 is 5.97 Å². The number of rotatable bonds is 5. The molecule has 3 atom stereocenters. The summed E-state index contributed by atoms with van der Waals surface area (Å²) in [6.07, 6.45) is 5.92. The number of carbonyl (C=O) groups is 1. The molecule has 2 aliphatic heterocycles. The van der Waals surface area contributed by atoms with Gasteiger partial charge in [0.1, 0.15) is 11.9 Å². The second-order valence-electron chi connectivity index (χ2n) is 7.85. The predicted octanol–water partition coefficient (Wildman–Crippen LogP) is 5.18. The van der Waals surface area contributed by atoms with E-state index in [2.05, 4.69) is 41.7 Å². The van der Waals surface area contributed by atoms with Gasteiger partial charge in [-0.3, -0.25) is 0 Å². The molecule has 0 bridgehead atoms. The van der Waals surface area contributed by atoms with E-state index in [0.717, 1.165) is 29.4 Å². The Balaban J connectivity index is 1.44. The molecular formula is C24H25NO3S. The summed E-state index contributed by atoms with van der Waals surface area (Å²) in [5.74, 6) is 3.59. The molecule has 2 aromatic rings. The van der Waals surface area contributed by atoms with Crippen LogP contribution in [0.25, 0.3) is 0 Å². The molecule has 29 heavy (non-hydrogen) atoms. The summed E-state index contributed by atoms with van der Waals surface area (Å²) >= 11 is 1.93. The van der Waals surface area contributed by atoms with Crippen LogP contribution in [0, 0.1) is 5.92 Å². The third-order valence-corrected chi connectivity index (χ3v) is 7.22. The lowest BCUT2D eigenvalue weighted by atomic mass is 9.76. The molecule has 1 fully saturated rings. The van der Waals surface area contributed by atoms with Gasteiger partial charge in [0.15, 0.2) is 0 Å². The van der Waals surface area contributed by atoms with Crippen molar-refractivity contribution in [3.05, 3.63) is 71.3 Å². The molecule has 5 heteroatoms. The smallest absolute Gasteiger partial charge is 0.338 e. The summed E-state index contributed by atoms with van der Waals surface area (Å²) in [5.41, 5.74) is 4.16. The van der Waals surface area contributed by atoms with Gasteiger partial charge in [-0.25, -0.2) is 4.79 Å². The van der Waals surface area contributed by atoms with Crippen LogP contribution in [0.1, 0.15) is 46.8 Å². The predicted molar refractivity (Wildman–Crippen MR) is 117 cm³/mol. The van der Waals surface area contributed by atoms with Crippen molar-refractivity contribution >= 4 is 23.4 Å². The highest BCUT2D eigenvalue weighted by atomic mass is 32.2. The molecular weight excluding hydrogens is 382 g/mol. The Morgan fingerprint density at radius 1 is 1.21 bits per heavy atom. The van der Waals surface area contributed by atoms with Crippen LogP contribution in [-0.4, -0.2) is 30.2 Å². The summed E-state index contributed by atoms with van der Waals surface area (Å²) in [6.45, 7) is 2.22. The molecule has 0 amide bonds. The molecule has 0 spiro atoms. The first kappa shape index (κ1) is 18.6. The molecule has 3 unspecified atom stereocenters. The van der Waals surface area contributed by atoms with E-state index in [4.69, 9.17) is 9.47 Å². The number of thioether (sulfide) groups is 1. The van der Waals surface area contributed by atoms with Crippen LogP contribution in [0.15, 0.2) is 54.6 Å². The van der Waals surface area contributed by atoms with E-state index in [0.29, 0.717) is 30.1 Å². The fourth-order valence-corrected chi connectivity index (χ4v) is 5.09. The number of anilines is 1. The highest BCUT2D eigenvalue weighted by Crippen LogP contribution is 2.50. The zero-order valence-corrected chi connectivity index (χ0v) is 17.3. The Labute approximate surface area is 175 Å². The first-order chi connectivity index (χ1) is 14.2. The van der Waals surface area contributed by atoms with Gasteiger partial charge in [-0.1, -0.05) is 24.3 Å². The minimum Gasteiger partial charge on any atom is -0.489 e. The van der Waals surface area contributed by atoms with Crippen molar-refractivity contribution in [2.24, 2.45) is 5.92 Å². The Bertz CT molecular complexity index is 953. The van der Waals surface area contributed by atoms with Crippen molar-refractivity contribution in [2.75, 3.05) is 23.4 Å². The maximum atomic E-state index is 12.2. The van der Waals surface area contributed by atoms with Gasteiger partial charge in [0.2, 0.25) is 0 Å². The number of esters is 1. The molecule has 0 radical (unpaired) electrons. The van der Waals surface area contributed by atoms with Gasteiger partial charge in [0.25, 0.3) is 0 Å². The van der Waals surface area contributed by atoms with Crippen LogP contribution < -0.4 is 10.1 Å². The van der Waals surface area contributed by atoms with Crippen LogP contribution in [-0.2, 0) is 4.74 Å². The lowest BCUT2D eigenvalue weighted by Crippen LogP contribution is -2.31.